The van der Waals surface area contributed by atoms with Gasteiger partial charge in [-0.25, -0.2) is 4.98 Å². The number of aryl methyl sites for hydroxylation is 1. The molecule has 1 aliphatic carbocycles. The molecule has 2 heterocycles. The first-order chi connectivity index (χ1) is 15.9. The summed E-state index contributed by atoms with van der Waals surface area (Å²) < 4.78 is 12.4. The van der Waals surface area contributed by atoms with Crippen molar-refractivity contribution in [2.45, 2.75) is 43.4 Å². The molecular formula is C24H29N3O5S. The molecule has 1 fully saturated rings. The third kappa shape index (κ3) is 4.32. The fraction of sp³-hybridized carbons (Fsp3) is 0.458. The third-order valence-corrected chi connectivity index (χ3v) is 7.30. The number of methoxy groups -OCH3 is 2. The van der Waals surface area contributed by atoms with E-state index in [-0.39, 0.29) is 24.1 Å². The smallest absolute Gasteiger partial charge is 0.323 e. The topological polar surface area (TPSA) is 93.9 Å². The van der Waals surface area contributed by atoms with Crippen molar-refractivity contribution in [2.75, 3.05) is 38.5 Å². The number of carbonyl (C=O) groups is 1. The van der Waals surface area contributed by atoms with Crippen molar-refractivity contribution in [3.8, 4) is 0 Å². The molecule has 2 aromatic heterocycles. The number of anilines is 1. The summed E-state index contributed by atoms with van der Waals surface area (Å²) in [6, 6.07) is 7.55. The number of rotatable bonds is 9. The number of benzene rings is 1. The lowest BCUT2D eigenvalue weighted by Gasteiger charge is -2.42. The Morgan fingerprint density at radius 3 is 2.61 bits per heavy atom. The fourth-order valence-electron chi connectivity index (χ4n) is 4.56. The summed E-state index contributed by atoms with van der Waals surface area (Å²) >= 11 is 1.50. The zero-order valence-corrected chi connectivity index (χ0v) is 20.1. The molecule has 176 valence electrons. The summed E-state index contributed by atoms with van der Waals surface area (Å²) in [7, 11) is 3.38. The van der Waals surface area contributed by atoms with Crippen molar-refractivity contribution < 1.29 is 19.4 Å². The van der Waals surface area contributed by atoms with E-state index in [0.717, 1.165) is 23.3 Å². The van der Waals surface area contributed by atoms with E-state index in [1.165, 1.54) is 11.8 Å². The van der Waals surface area contributed by atoms with E-state index < -0.39 is 5.97 Å². The minimum atomic E-state index is -0.986. The minimum absolute atomic E-state index is 0.137. The first-order valence-corrected chi connectivity index (χ1v) is 12.1. The van der Waals surface area contributed by atoms with Gasteiger partial charge in [-0.2, -0.15) is 0 Å². The lowest BCUT2D eigenvalue weighted by molar-refractivity contribution is -0.137. The molecule has 9 heteroatoms. The molecule has 0 radical (unpaired) electrons. The molecule has 3 aromatic rings. The van der Waals surface area contributed by atoms with E-state index in [2.05, 4.69) is 4.90 Å². The van der Waals surface area contributed by atoms with Crippen molar-refractivity contribution >= 4 is 45.5 Å². The predicted octanol–water partition coefficient (Wildman–Crippen LogP) is 3.29. The Balaban J connectivity index is 1.95. The van der Waals surface area contributed by atoms with Crippen molar-refractivity contribution in [1.29, 1.82) is 0 Å². The monoisotopic (exact) mass is 471 g/mol. The van der Waals surface area contributed by atoms with Crippen LogP contribution in [0.25, 0.3) is 21.9 Å². The molecular weight excluding hydrogens is 442 g/mol. The highest BCUT2D eigenvalue weighted by Gasteiger charge is 2.34. The first-order valence-electron chi connectivity index (χ1n) is 10.9. The molecule has 1 aromatic carbocycles. The molecule has 8 nitrogen and oxygen atoms in total. The standard InChI is InChI=1S/C24H29N3O5S/c1-14-5-6-17-21(23(14)33-4)27(13-20(28)29)24-18(22(17)30)7-8-19(25-24)26(9-10-31-2)15-11-16(12-15)32-3/h5-8,15-16H,9-13H2,1-4H3,(H,28,29). The molecule has 0 unspecified atom stereocenters. The summed E-state index contributed by atoms with van der Waals surface area (Å²) in [5.74, 6) is -0.282. The highest BCUT2D eigenvalue weighted by atomic mass is 32.2. The Labute approximate surface area is 196 Å². The summed E-state index contributed by atoms with van der Waals surface area (Å²) in [5.41, 5.74) is 1.87. The van der Waals surface area contributed by atoms with Crippen LogP contribution in [0, 0.1) is 6.92 Å². The SMILES string of the molecule is COCCN(c1ccc2c(=O)c3ccc(C)c(SC)c3n(CC(=O)O)c2n1)C1CC(OC)C1. The molecule has 0 bridgehead atoms. The number of carboxylic acid groups (broad SMARTS) is 1. The Hall–Kier alpha value is -2.62. The van der Waals surface area contributed by atoms with Crippen LogP contribution < -0.4 is 10.3 Å². The van der Waals surface area contributed by atoms with Gasteiger partial charge >= 0.3 is 5.97 Å². The largest absolute Gasteiger partial charge is 0.480 e. The highest BCUT2D eigenvalue weighted by molar-refractivity contribution is 7.98. The number of carboxylic acids is 1. The number of aromatic nitrogens is 2. The molecule has 0 spiro atoms. The van der Waals surface area contributed by atoms with E-state index in [1.54, 1.807) is 30.9 Å². The maximum absolute atomic E-state index is 13.4. The van der Waals surface area contributed by atoms with Gasteiger partial charge in [-0.05, 0) is 49.8 Å². The zero-order chi connectivity index (χ0) is 23.7. The van der Waals surface area contributed by atoms with Crippen LogP contribution in [0.3, 0.4) is 0 Å². The van der Waals surface area contributed by atoms with Crippen molar-refractivity contribution in [1.82, 2.24) is 9.55 Å². The van der Waals surface area contributed by atoms with Gasteiger partial charge in [0.15, 0.2) is 5.43 Å². The van der Waals surface area contributed by atoms with Crippen LogP contribution in [0.1, 0.15) is 18.4 Å². The van der Waals surface area contributed by atoms with E-state index >= 15 is 0 Å². The number of nitrogens with zero attached hydrogens (tertiary/aromatic N) is 3. The molecule has 33 heavy (non-hydrogen) atoms. The number of hydrogen-bond acceptors (Lipinski definition) is 7. The van der Waals surface area contributed by atoms with Crippen LogP contribution in [-0.4, -0.2) is 66.4 Å². The average Bonchev–Trinajstić information content (AvgIpc) is 2.77. The fourth-order valence-corrected chi connectivity index (χ4v) is 5.36. The molecule has 1 aliphatic rings. The lowest BCUT2D eigenvalue weighted by Crippen LogP contribution is -2.49. The van der Waals surface area contributed by atoms with Gasteiger partial charge in [-0.1, -0.05) is 6.07 Å². The maximum atomic E-state index is 13.4. The van der Waals surface area contributed by atoms with Gasteiger partial charge in [-0.3, -0.25) is 9.59 Å². The minimum Gasteiger partial charge on any atom is -0.480 e. The summed E-state index contributed by atoms with van der Waals surface area (Å²) in [5, 5.41) is 10.6. The number of thioether (sulfide) groups is 1. The Bertz CT molecular complexity index is 1250. The van der Waals surface area contributed by atoms with E-state index in [4.69, 9.17) is 14.5 Å². The van der Waals surface area contributed by atoms with E-state index in [1.807, 2.05) is 25.3 Å². The van der Waals surface area contributed by atoms with Crippen LogP contribution in [0.4, 0.5) is 5.82 Å². The molecule has 1 N–H and O–H groups in total. The van der Waals surface area contributed by atoms with Crippen LogP contribution in [-0.2, 0) is 20.8 Å². The molecule has 0 amide bonds. The molecule has 1 saturated carbocycles. The lowest BCUT2D eigenvalue weighted by atomic mass is 9.87. The van der Waals surface area contributed by atoms with Crippen LogP contribution in [0.5, 0.6) is 0 Å². The Morgan fingerprint density at radius 2 is 1.97 bits per heavy atom. The zero-order valence-electron chi connectivity index (χ0n) is 19.3. The Kier molecular flexibility index (Phi) is 6.92. The van der Waals surface area contributed by atoms with Crippen LogP contribution in [0.2, 0.25) is 0 Å². The molecule has 4 rings (SSSR count). The predicted molar refractivity (Wildman–Crippen MR) is 131 cm³/mol. The molecule has 0 atom stereocenters. The van der Waals surface area contributed by atoms with Crippen LogP contribution in [0.15, 0.2) is 34.0 Å². The third-order valence-electron chi connectivity index (χ3n) is 6.38. The summed E-state index contributed by atoms with van der Waals surface area (Å²) in [4.78, 5) is 33.2. The number of aliphatic carboxylic acids is 1. The summed E-state index contributed by atoms with van der Waals surface area (Å²) in [6.45, 7) is 2.85. The quantitative estimate of drug-likeness (QED) is 0.375. The summed E-state index contributed by atoms with van der Waals surface area (Å²) in [6.07, 6.45) is 3.92. The molecule has 0 aliphatic heterocycles. The van der Waals surface area contributed by atoms with Gasteiger partial charge in [0.1, 0.15) is 18.0 Å². The van der Waals surface area contributed by atoms with Crippen molar-refractivity contribution in [3.63, 3.8) is 0 Å². The second-order valence-electron chi connectivity index (χ2n) is 8.33. The number of fused-ring (bicyclic) bond motifs is 2. The van der Waals surface area contributed by atoms with Gasteiger partial charge in [0.05, 0.1) is 23.6 Å². The van der Waals surface area contributed by atoms with Crippen LogP contribution >= 0.6 is 11.8 Å². The van der Waals surface area contributed by atoms with Gasteiger partial charge in [-0.15, -0.1) is 11.8 Å². The van der Waals surface area contributed by atoms with Gasteiger partial charge in [0.2, 0.25) is 0 Å². The molecule has 0 saturated heterocycles. The van der Waals surface area contributed by atoms with Crippen molar-refractivity contribution in [2.24, 2.45) is 0 Å². The van der Waals surface area contributed by atoms with E-state index in [0.29, 0.717) is 40.9 Å². The van der Waals surface area contributed by atoms with Gasteiger partial charge in [0, 0.05) is 37.1 Å². The normalized spacial score (nSPS) is 17.9. The first kappa shape index (κ1) is 23.5. The Morgan fingerprint density at radius 1 is 1.24 bits per heavy atom. The number of ether oxygens (including phenoxy) is 2. The maximum Gasteiger partial charge on any atom is 0.323 e. The second-order valence-corrected chi connectivity index (χ2v) is 9.15. The van der Waals surface area contributed by atoms with E-state index in [9.17, 15) is 14.7 Å². The van der Waals surface area contributed by atoms with Gasteiger partial charge in [0.25, 0.3) is 0 Å². The number of hydrogen-bond donors (Lipinski definition) is 1. The second kappa shape index (κ2) is 9.70. The number of pyridine rings is 2. The average molecular weight is 472 g/mol. The van der Waals surface area contributed by atoms with Crippen molar-refractivity contribution in [3.05, 3.63) is 40.1 Å². The highest BCUT2D eigenvalue weighted by Crippen LogP contribution is 2.33. The van der Waals surface area contributed by atoms with Gasteiger partial charge < -0.3 is 24.0 Å².